The van der Waals surface area contributed by atoms with Crippen molar-refractivity contribution in [3.8, 4) is 11.1 Å². The molecule has 2 heterocycles. The minimum atomic E-state index is -0.310. The lowest BCUT2D eigenvalue weighted by Gasteiger charge is -2.21. The van der Waals surface area contributed by atoms with Crippen LogP contribution in [0.5, 0.6) is 0 Å². The molecule has 2 aromatic rings. The van der Waals surface area contributed by atoms with Crippen LogP contribution in [0.4, 0.5) is 0 Å². The SMILES string of the molecule is O=C(c1c(-c2ccccc2)cc[nH]c1=O)N1CCCCCC1. The molecule has 1 N–H and O–H groups in total. The summed E-state index contributed by atoms with van der Waals surface area (Å²) in [5, 5.41) is 0. The van der Waals surface area contributed by atoms with E-state index in [9.17, 15) is 9.59 Å². The summed E-state index contributed by atoms with van der Waals surface area (Å²) in [6.07, 6.45) is 5.93. The number of nitrogens with one attached hydrogen (secondary N) is 1. The molecule has 1 fully saturated rings. The van der Waals surface area contributed by atoms with E-state index in [0.29, 0.717) is 5.56 Å². The number of carbonyl (C=O) groups is 1. The molecule has 0 atom stereocenters. The monoisotopic (exact) mass is 296 g/mol. The van der Waals surface area contributed by atoms with Gasteiger partial charge < -0.3 is 9.88 Å². The Morgan fingerprint density at radius 1 is 0.955 bits per heavy atom. The summed E-state index contributed by atoms with van der Waals surface area (Å²) in [6.45, 7) is 1.47. The topological polar surface area (TPSA) is 53.2 Å². The number of hydrogen-bond donors (Lipinski definition) is 1. The lowest BCUT2D eigenvalue weighted by Crippen LogP contribution is -2.36. The number of nitrogens with zero attached hydrogens (tertiary/aromatic N) is 1. The van der Waals surface area contributed by atoms with Gasteiger partial charge in [0.2, 0.25) is 0 Å². The smallest absolute Gasteiger partial charge is 0.261 e. The maximum absolute atomic E-state index is 12.9. The van der Waals surface area contributed by atoms with Crippen LogP contribution in [-0.4, -0.2) is 28.9 Å². The fraction of sp³-hybridized carbons (Fsp3) is 0.333. The highest BCUT2D eigenvalue weighted by atomic mass is 16.2. The molecule has 1 aliphatic heterocycles. The highest BCUT2D eigenvalue weighted by molar-refractivity contribution is 6.00. The van der Waals surface area contributed by atoms with Crippen molar-refractivity contribution in [3.05, 3.63) is 58.5 Å². The van der Waals surface area contributed by atoms with Gasteiger partial charge in [-0.25, -0.2) is 0 Å². The second-order valence-corrected chi connectivity index (χ2v) is 5.67. The van der Waals surface area contributed by atoms with Crippen molar-refractivity contribution >= 4 is 5.91 Å². The Morgan fingerprint density at radius 2 is 1.64 bits per heavy atom. The predicted octanol–water partition coefficient (Wildman–Crippen LogP) is 3.06. The molecule has 3 rings (SSSR count). The second kappa shape index (κ2) is 6.60. The summed E-state index contributed by atoms with van der Waals surface area (Å²) in [5.74, 6) is -0.150. The van der Waals surface area contributed by atoms with Crippen LogP contribution in [0.1, 0.15) is 36.0 Å². The lowest BCUT2D eigenvalue weighted by molar-refractivity contribution is 0.0760. The number of amides is 1. The van der Waals surface area contributed by atoms with Crippen molar-refractivity contribution < 1.29 is 4.79 Å². The van der Waals surface area contributed by atoms with Gasteiger partial charge in [-0.3, -0.25) is 9.59 Å². The maximum atomic E-state index is 12.9. The van der Waals surface area contributed by atoms with Gasteiger partial charge in [0.15, 0.2) is 0 Å². The molecule has 0 aliphatic carbocycles. The van der Waals surface area contributed by atoms with Gasteiger partial charge in [-0.15, -0.1) is 0 Å². The van der Waals surface area contributed by atoms with Crippen LogP contribution in [0.3, 0.4) is 0 Å². The van der Waals surface area contributed by atoms with E-state index in [1.54, 1.807) is 6.20 Å². The molecule has 1 amide bonds. The number of aromatic nitrogens is 1. The van der Waals surface area contributed by atoms with Crippen LogP contribution >= 0.6 is 0 Å². The molecule has 1 aromatic heterocycles. The van der Waals surface area contributed by atoms with Gasteiger partial charge in [-0.05, 0) is 24.5 Å². The van der Waals surface area contributed by atoms with Crippen molar-refractivity contribution in [1.82, 2.24) is 9.88 Å². The van der Waals surface area contributed by atoms with Crippen LogP contribution in [0, 0.1) is 0 Å². The molecule has 1 saturated heterocycles. The van der Waals surface area contributed by atoms with Gasteiger partial charge in [0.05, 0.1) is 0 Å². The third-order valence-corrected chi connectivity index (χ3v) is 4.15. The summed E-state index contributed by atoms with van der Waals surface area (Å²) < 4.78 is 0. The van der Waals surface area contributed by atoms with E-state index in [2.05, 4.69) is 4.98 Å². The molecule has 4 nitrogen and oxygen atoms in total. The van der Waals surface area contributed by atoms with Crippen molar-refractivity contribution in [2.24, 2.45) is 0 Å². The number of benzene rings is 1. The van der Waals surface area contributed by atoms with Crippen molar-refractivity contribution in [2.75, 3.05) is 13.1 Å². The number of H-pyrrole nitrogens is 1. The number of pyridine rings is 1. The van der Waals surface area contributed by atoms with Gasteiger partial charge in [0.25, 0.3) is 11.5 Å². The van der Waals surface area contributed by atoms with E-state index in [1.165, 1.54) is 0 Å². The first-order chi connectivity index (χ1) is 10.8. The molecule has 0 bridgehead atoms. The van der Waals surface area contributed by atoms with Crippen molar-refractivity contribution in [2.45, 2.75) is 25.7 Å². The Morgan fingerprint density at radius 3 is 2.32 bits per heavy atom. The van der Waals surface area contributed by atoms with Gasteiger partial charge in [0, 0.05) is 24.8 Å². The highest BCUT2D eigenvalue weighted by Crippen LogP contribution is 2.22. The standard InChI is InChI=1S/C18H20N2O2/c21-17-16(18(22)20-12-6-1-2-7-13-20)15(10-11-19-17)14-8-4-3-5-9-14/h3-5,8-11H,1-2,6-7,12-13H2,(H,19,21). The zero-order chi connectivity index (χ0) is 15.4. The first-order valence-corrected chi connectivity index (χ1v) is 7.84. The molecule has 1 aromatic carbocycles. The van der Waals surface area contributed by atoms with E-state index in [1.807, 2.05) is 41.3 Å². The van der Waals surface area contributed by atoms with Gasteiger partial charge in [0.1, 0.15) is 5.56 Å². The molecule has 0 unspecified atom stereocenters. The maximum Gasteiger partial charge on any atom is 0.261 e. The van der Waals surface area contributed by atoms with E-state index in [4.69, 9.17) is 0 Å². The van der Waals surface area contributed by atoms with Crippen molar-refractivity contribution in [3.63, 3.8) is 0 Å². The summed E-state index contributed by atoms with van der Waals surface area (Å²) in [7, 11) is 0. The predicted molar refractivity (Wildman–Crippen MR) is 86.9 cm³/mol. The molecule has 4 heteroatoms. The number of aromatic amines is 1. The van der Waals surface area contributed by atoms with Crippen LogP contribution in [0.15, 0.2) is 47.4 Å². The number of rotatable bonds is 2. The minimum Gasteiger partial charge on any atom is -0.338 e. The molecule has 0 spiro atoms. The number of hydrogen-bond acceptors (Lipinski definition) is 2. The second-order valence-electron chi connectivity index (χ2n) is 5.67. The Hall–Kier alpha value is -2.36. The molecule has 0 saturated carbocycles. The van der Waals surface area contributed by atoms with Gasteiger partial charge >= 0.3 is 0 Å². The summed E-state index contributed by atoms with van der Waals surface area (Å²) in [4.78, 5) is 29.6. The van der Waals surface area contributed by atoms with Crippen LogP contribution < -0.4 is 5.56 Å². The van der Waals surface area contributed by atoms with Crippen molar-refractivity contribution in [1.29, 1.82) is 0 Å². The molecular formula is C18H20N2O2. The van der Waals surface area contributed by atoms with Gasteiger partial charge in [-0.2, -0.15) is 0 Å². The minimum absolute atomic E-state index is 0.150. The number of carbonyl (C=O) groups excluding carboxylic acids is 1. The largest absolute Gasteiger partial charge is 0.338 e. The summed E-state index contributed by atoms with van der Waals surface area (Å²) >= 11 is 0. The Kier molecular flexibility index (Phi) is 4.37. The van der Waals surface area contributed by atoms with Gasteiger partial charge in [-0.1, -0.05) is 43.2 Å². The summed E-state index contributed by atoms with van der Waals surface area (Å²) in [5.41, 5.74) is 1.55. The van der Waals surface area contributed by atoms with Crippen LogP contribution in [-0.2, 0) is 0 Å². The molecular weight excluding hydrogens is 276 g/mol. The van der Waals surface area contributed by atoms with Crippen LogP contribution in [0.25, 0.3) is 11.1 Å². The average Bonchev–Trinajstić information content (AvgIpc) is 2.84. The molecule has 22 heavy (non-hydrogen) atoms. The molecule has 0 radical (unpaired) electrons. The fourth-order valence-corrected chi connectivity index (χ4v) is 2.98. The molecule has 1 aliphatic rings. The van der Waals surface area contributed by atoms with E-state index in [-0.39, 0.29) is 17.0 Å². The Labute approximate surface area is 129 Å². The molecule has 114 valence electrons. The third kappa shape index (κ3) is 2.96. The first-order valence-electron chi connectivity index (χ1n) is 7.84. The zero-order valence-corrected chi connectivity index (χ0v) is 12.5. The fourth-order valence-electron chi connectivity index (χ4n) is 2.98. The first kappa shape index (κ1) is 14.6. The third-order valence-electron chi connectivity index (χ3n) is 4.15. The average molecular weight is 296 g/mol. The Bertz CT molecular complexity index is 699. The van der Waals surface area contributed by atoms with E-state index >= 15 is 0 Å². The number of likely N-dealkylation sites (tertiary alicyclic amines) is 1. The highest BCUT2D eigenvalue weighted by Gasteiger charge is 2.23. The quantitative estimate of drug-likeness (QED) is 0.926. The zero-order valence-electron chi connectivity index (χ0n) is 12.5. The van der Waals surface area contributed by atoms with E-state index in [0.717, 1.165) is 44.3 Å². The van der Waals surface area contributed by atoms with E-state index < -0.39 is 0 Å². The normalized spacial score (nSPS) is 15.4. The lowest BCUT2D eigenvalue weighted by atomic mass is 10.0. The van der Waals surface area contributed by atoms with Crippen LogP contribution in [0.2, 0.25) is 0 Å². The Balaban J connectivity index is 2.02. The summed E-state index contributed by atoms with van der Waals surface area (Å²) in [6, 6.07) is 11.4.